The summed E-state index contributed by atoms with van der Waals surface area (Å²) in [7, 11) is 0. The van der Waals surface area contributed by atoms with Crippen LogP contribution in [0.1, 0.15) is 15.5 Å². The van der Waals surface area contributed by atoms with E-state index < -0.39 is 0 Å². The van der Waals surface area contributed by atoms with Crippen LogP contribution in [0.5, 0.6) is 0 Å². The lowest BCUT2D eigenvalue weighted by molar-refractivity contribution is 0.0959. The fourth-order valence-corrected chi connectivity index (χ4v) is 3.11. The number of anilines is 1. The number of hydrogen-bond acceptors (Lipinski definition) is 5. The number of thiophene rings is 1. The number of amides is 1. The Labute approximate surface area is 148 Å². The number of carbonyl (C=O) groups is 1. The maximum atomic E-state index is 11.9. The molecule has 3 aromatic rings. The second-order valence-electron chi connectivity index (χ2n) is 5.04. The zero-order chi connectivity index (χ0) is 16.9. The van der Waals surface area contributed by atoms with E-state index in [1.54, 1.807) is 12.1 Å². The predicted molar refractivity (Wildman–Crippen MR) is 96.2 cm³/mol. The molecule has 124 valence electrons. The molecule has 6 nitrogen and oxygen atoms in total. The van der Waals surface area contributed by atoms with Gasteiger partial charge in [0, 0.05) is 31.5 Å². The van der Waals surface area contributed by atoms with E-state index >= 15 is 0 Å². The average molecular weight is 362 g/mol. The van der Waals surface area contributed by atoms with Crippen LogP contribution in [0.2, 0.25) is 4.34 Å². The summed E-state index contributed by atoms with van der Waals surface area (Å²) < 4.78 is 2.52. The summed E-state index contributed by atoms with van der Waals surface area (Å²) in [6, 6.07) is 9.18. The summed E-state index contributed by atoms with van der Waals surface area (Å²) in [5.41, 5.74) is 0. The Morgan fingerprint density at radius 3 is 2.75 bits per heavy atom. The molecule has 0 fully saturated rings. The van der Waals surface area contributed by atoms with Crippen molar-refractivity contribution >= 4 is 34.7 Å². The minimum atomic E-state index is -0.124. The third kappa shape index (κ3) is 4.12. The van der Waals surface area contributed by atoms with Gasteiger partial charge in [-0.1, -0.05) is 11.6 Å². The van der Waals surface area contributed by atoms with Gasteiger partial charge in [0.25, 0.3) is 5.91 Å². The van der Waals surface area contributed by atoms with Crippen LogP contribution in [0.15, 0.2) is 42.7 Å². The molecule has 0 atom stereocenters. The molecule has 0 aliphatic rings. The monoisotopic (exact) mass is 361 g/mol. The Morgan fingerprint density at radius 2 is 2.04 bits per heavy atom. The number of halogens is 1. The maximum absolute atomic E-state index is 11.9. The molecule has 0 saturated carbocycles. The Bertz CT molecular complexity index is 831. The third-order valence-electron chi connectivity index (χ3n) is 3.21. The molecule has 0 saturated heterocycles. The number of rotatable bonds is 6. The van der Waals surface area contributed by atoms with E-state index in [0.717, 1.165) is 11.6 Å². The van der Waals surface area contributed by atoms with Crippen molar-refractivity contribution in [3.63, 3.8) is 0 Å². The van der Waals surface area contributed by atoms with Gasteiger partial charge in [0.2, 0.25) is 0 Å². The van der Waals surface area contributed by atoms with E-state index in [-0.39, 0.29) is 5.91 Å². The Morgan fingerprint density at radius 1 is 1.25 bits per heavy atom. The smallest absolute Gasteiger partial charge is 0.261 e. The summed E-state index contributed by atoms with van der Waals surface area (Å²) in [5.74, 6) is 2.08. The first-order valence-electron chi connectivity index (χ1n) is 7.38. The molecule has 0 aliphatic carbocycles. The number of aromatic nitrogens is 3. The maximum Gasteiger partial charge on any atom is 0.261 e. The fraction of sp³-hybridized carbons (Fsp3) is 0.188. The molecule has 8 heteroatoms. The molecule has 0 aromatic carbocycles. The van der Waals surface area contributed by atoms with Crippen molar-refractivity contribution in [2.45, 2.75) is 6.92 Å². The first kappa shape index (κ1) is 16.5. The number of carbonyl (C=O) groups excluding carboxylic acids is 1. The summed E-state index contributed by atoms with van der Waals surface area (Å²) in [5, 5.41) is 6.04. The number of nitrogens with zero attached hydrogens (tertiary/aromatic N) is 3. The largest absolute Gasteiger partial charge is 0.368 e. The van der Waals surface area contributed by atoms with E-state index in [1.165, 1.54) is 11.3 Å². The first-order valence-corrected chi connectivity index (χ1v) is 8.58. The molecule has 0 spiro atoms. The van der Waals surface area contributed by atoms with Crippen LogP contribution in [0, 0.1) is 6.92 Å². The van der Waals surface area contributed by atoms with Crippen LogP contribution in [0.4, 0.5) is 5.82 Å². The topological polar surface area (TPSA) is 71.8 Å². The van der Waals surface area contributed by atoms with E-state index in [1.807, 2.05) is 42.1 Å². The van der Waals surface area contributed by atoms with Crippen molar-refractivity contribution in [2.24, 2.45) is 0 Å². The zero-order valence-electron chi connectivity index (χ0n) is 13.0. The van der Waals surface area contributed by atoms with Gasteiger partial charge >= 0.3 is 0 Å². The van der Waals surface area contributed by atoms with Crippen molar-refractivity contribution in [1.82, 2.24) is 19.9 Å². The summed E-state index contributed by atoms with van der Waals surface area (Å²) in [6.45, 7) is 2.89. The van der Waals surface area contributed by atoms with Crippen LogP contribution in [-0.4, -0.2) is 33.5 Å². The van der Waals surface area contributed by atoms with Gasteiger partial charge in [0.1, 0.15) is 17.5 Å². The molecule has 3 aromatic heterocycles. The van der Waals surface area contributed by atoms with Crippen LogP contribution < -0.4 is 10.6 Å². The molecule has 3 rings (SSSR count). The fourth-order valence-electron chi connectivity index (χ4n) is 2.15. The molecule has 0 radical (unpaired) electrons. The lowest BCUT2D eigenvalue weighted by atomic mass is 10.4. The highest BCUT2D eigenvalue weighted by molar-refractivity contribution is 7.17. The highest BCUT2D eigenvalue weighted by Crippen LogP contribution is 2.21. The zero-order valence-corrected chi connectivity index (χ0v) is 14.6. The van der Waals surface area contributed by atoms with E-state index in [0.29, 0.717) is 28.1 Å². The van der Waals surface area contributed by atoms with Gasteiger partial charge in [-0.3, -0.25) is 4.79 Å². The van der Waals surface area contributed by atoms with Gasteiger partial charge < -0.3 is 15.2 Å². The predicted octanol–water partition coefficient (Wildman–Crippen LogP) is 3.13. The van der Waals surface area contributed by atoms with Crippen LogP contribution in [-0.2, 0) is 0 Å². The van der Waals surface area contributed by atoms with Gasteiger partial charge in [-0.05, 0) is 31.2 Å². The second-order valence-corrected chi connectivity index (χ2v) is 6.75. The molecule has 0 aliphatic heterocycles. The Kier molecular flexibility index (Phi) is 5.12. The minimum absolute atomic E-state index is 0.124. The van der Waals surface area contributed by atoms with Gasteiger partial charge in [0.05, 0.1) is 9.21 Å². The van der Waals surface area contributed by atoms with Crippen molar-refractivity contribution in [1.29, 1.82) is 0 Å². The second kappa shape index (κ2) is 7.46. The van der Waals surface area contributed by atoms with Crippen molar-refractivity contribution < 1.29 is 4.79 Å². The van der Waals surface area contributed by atoms with E-state index in [4.69, 9.17) is 11.6 Å². The lowest BCUT2D eigenvalue weighted by Gasteiger charge is -2.09. The summed E-state index contributed by atoms with van der Waals surface area (Å²) >= 11 is 7.09. The van der Waals surface area contributed by atoms with Gasteiger partial charge in [-0.2, -0.15) is 0 Å². The van der Waals surface area contributed by atoms with Crippen LogP contribution in [0.25, 0.3) is 5.82 Å². The quantitative estimate of drug-likeness (QED) is 0.662. The van der Waals surface area contributed by atoms with Gasteiger partial charge in [0.15, 0.2) is 0 Å². The van der Waals surface area contributed by atoms with Crippen molar-refractivity contribution in [3.8, 4) is 5.82 Å². The lowest BCUT2D eigenvalue weighted by Crippen LogP contribution is -2.28. The number of aryl methyl sites for hydroxylation is 1. The standard InChI is InChI=1S/C16H16ClN5OS/c1-11-20-14(10-15(21-11)22-8-2-3-9-22)18-6-7-19-16(23)12-4-5-13(17)24-12/h2-5,8-10H,6-7H2,1H3,(H,19,23)(H,18,20,21). The van der Waals surface area contributed by atoms with Crippen LogP contribution >= 0.6 is 22.9 Å². The van der Waals surface area contributed by atoms with E-state index in [2.05, 4.69) is 20.6 Å². The summed E-state index contributed by atoms with van der Waals surface area (Å²) in [6.07, 6.45) is 3.86. The molecular formula is C16H16ClN5OS. The molecule has 3 heterocycles. The van der Waals surface area contributed by atoms with E-state index in [9.17, 15) is 4.79 Å². The molecule has 0 bridgehead atoms. The minimum Gasteiger partial charge on any atom is -0.368 e. The van der Waals surface area contributed by atoms with Crippen molar-refractivity contribution in [2.75, 3.05) is 18.4 Å². The highest BCUT2D eigenvalue weighted by Gasteiger charge is 2.08. The molecule has 1 amide bonds. The Balaban J connectivity index is 1.54. The summed E-state index contributed by atoms with van der Waals surface area (Å²) in [4.78, 5) is 21.3. The highest BCUT2D eigenvalue weighted by atomic mass is 35.5. The number of hydrogen-bond donors (Lipinski definition) is 2. The number of nitrogens with one attached hydrogen (secondary N) is 2. The molecule has 2 N–H and O–H groups in total. The van der Waals surface area contributed by atoms with Crippen molar-refractivity contribution in [3.05, 3.63) is 57.8 Å². The third-order valence-corrected chi connectivity index (χ3v) is 4.44. The SMILES string of the molecule is Cc1nc(NCCNC(=O)c2ccc(Cl)s2)cc(-n2cccc2)n1. The molecular weight excluding hydrogens is 346 g/mol. The molecule has 24 heavy (non-hydrogen) atoms. The van der Waals surface area contributed by atoms with Gasteiger partial charge in [-0.25, -0.2) is 9.97 Å². The van der Waals surface area contributed by atoms with Gasteiger partial charge in [-0.15, -0.1) is 11.3 Å². The first-order chi connectivity index (χ1) is 11.6. The average Bonchev–Trinajstić information content (AvgIpc) is 3.22. The van der Waals surface area contributed by atoms with Crippen LogP contribution in [0.3, 0.4) is 0 Å². The Hall–Kier alpha value is -2.38. The molecule has 0 unspecified atom stereocenters. The normalized spacial score (nSPS) is 10.6.